The Hall–Kier alpha value is -0.990. The molecule has 0 fully saturated rings. The van der Waals surface area contributed by atoms with Gasteiger partial charge in [-0.1, -0.05) is 12.1 Å². The first kappa shape index (κ1) is 15.1. The zero-order valence-corrected chi connectivity index (χ0v) is 11.4. The lowest BCUT2D eigenvalue weighted by Gasteiger charge is -2.05. The van der Waals surface area contributed by atoms with Crippen LogP contribution >= 0.6 is 0 Å². The molecule has 0 unspecified atom stereocenters. The molecule has 0 spiro atoms. The highest BCUT2D eigenvalue weighted by atomic mass is 32.2. The van der Waals surface area contributed by atoms with Crippen molar-refractivity contribution in [3.63, 3.8) is 0 Å². The minimum absolute atomic E-state index is 0.155. The molecule has 1 aromatic heterocycles. The zero-order chi connectivity index (χ0) is 13.3. The van der Waals surface area contributed by atoms with Crippen LogP contribution in [0.5, 0.6) is 0 Å². The van der Waals surface area contributed by atoms with Gasteiger partial charge >= 0.3 is 0 Å². The molecule has 0 atom stereocenters. The molecule has 2 N–H and O–H groups in total. The van der Waals surface area contributed by atoms with Crippen LogP contribution in [0.25, 0.3) is 0 Å². The van der Waals surface area contributed by atoms with Gasteiger partial charge in [-0.15, -0.1) is 0 Å². The molecule has 0 aliphatic heterocycles. The van der Waals surface area contributed by atoms with E-state index in [1.807, 2.05) is 6.92 Å². The molecule has 0 amide bonds. The Morgan fingerprint density at radius 2 is 2.17 bits per heavy atom. The van der Waals surface area contributed by atoms with E-state index in [0.717, 1.165) is 19.5 Å². The van der Waals surface area contributed by atoms with Crippen LogP contribution in [0.3, 0.4) is 0 Å². The lowest BCUT2D eigenvalue weighted by atomic mass is 10.3. The van der Waals surface area contributed by atoms with Crippen molar-refractivity contribution in [2.75, 3.05) is 25.4 Å². The molecule has 0 radical (unpaired) electrons. The number of aromatic nitrogens is 2. The molecule has 0 aliphatic carbocycles. The average molecular weight is 276 g/mol. The lowest BCUT2D eigenvalue weighted by molar-refractivity contribution is 0.377. The summed E-state index contributed by atoms with van der Waals surface area (Å²) in [6, 6.07) is 0. The molecule has 18 heavy (non-hydrogen) atoms. The molecule has 1 rings (SSSR count). The maximum absolute atomic E-state index is 11.6. The van der Waals surface area contributed by atoms with E-state index in [2.05, 4.69) is 20.2 Å². The largest absolute Gasteiger partial charge is 0.340 e. The molecule has 0 aromatic carbocycles. The highest BCUT2D eigenvalue weighted by Gasteiger charge is 2.09. The summed E-state index contributed by atoms with van der Waals surface area (Å²) in [5.41, 5.74) is 0. The van der Waals surface area contributed by atoms with Gasteiger partial charge in [-0.2, -0.15) is 4.98 Å². The van der Waals surface area contributed by atoms with Gasteiger partial charge in [0, 0.05) is 13.0 Å². The number of unbranched alkanes of at least 4 members (excludes halogenated alkanes) is 1. The van der Waals surface area contributed by atoms with Gasteiger partial charge in [0.2, 0.25) is 15.9 Å². The van der Waals surface area contributed by atoms with Gasteiger partial charge in [-0.3, -0.25) is 0 Å². The number of hydrogen-bond donors (Lipinski definition) is 2. The zero-order valence-electron chi connectivity index (χ0n) is 10.6. The van der Waals surface area contributed by atoms with Crippen molar-refractivity contribution in [1.82, 2.24) is 20.2 Å². The number of nitrogens with one attached hydrogen (secondary N) is 2. The number of rotatable bonds is 10. The summed E-state index contributed by atoms with van der Waals surface area (Å²) in [6.07, 6.45) is 3.22. The smallest absolute Gasteiger partial charge is 0.227 e. The van der Waals surface area contributed by atoms with Gasteiger partial charge in [0.15, 0.2) is 6.33 Å². The first-order valence-electron chi connectivity index (χ1n) is 6.07. The SMILES string of the molecule is CCNCCCCS(=O)(=O)NCCc1ncno1. The maximum atomic E-state index is 11.6. The molecule has 1 heterocycles. The Bertz CT molecular complexity index is 405. The Morgan fingerprint density at radius 1 is 1.33 bits per heavy atom. The fraction of sp³-hybridized carbons (Fsp3) is 0.800. The molecular weight excluding hydrogens is 256 g/mol. The fourth-order valence-electron chi connectivity index (χ4n) is 1.41. The monoisotopic (exact) mass is 276 g/mol. The summed E-state index contributed by atoms with van der Waals surface area (Å²) < 4.78 is 30.5. The van der Waals surface area contributed by atoms with Crippen molar-refractivity contribution < 1.29 is 12.9 Å². The highest BCUT2D eigenvalue weighted by Crippen LogP contribution is 1.96. The van der Waals surface area contributed by atoms with Crippen LogP contribution < -0.4 is 10.0 Å². The quantitative estimate of drug-likeness (QED) is 0.580. The van der Waals surface area contributed by atoms with E-state index < -0.39 is 10.0 Å². The number of hydrogen-bond acceptors (Lipinski definition) is 6. The lowest BCUT2D eigenvalue weighted by Crippen LogP contribution is -2.28. The van der Waals surface area contributed by atoms with Gasteiger partial charge in [0.05, 0.1) is 5.75 Å². The standard InChI is InChI=1S/C10H20N4O3S/c1-2-11-6-3-4-8-18(15,16)14-7-5-10-12-9-13-17-10/h9,11,14H,2-8H2,1H3. The molecule has 7 nitrogen and oxygen atoms in total. The van der Waals surface area contributed by atoms with Gasteiger partial charge in [0.1, 0.15) is 0 Å². The topological polar surface area (TPSA) is 97.1 Å². The van der Waals surface area contributed by atoms with E-state index in [1.54, 1.807) is 0 Å². The Kier molecular flexibility index (Phi) is 6.84. The minimum atomic E-state index is -3.19. The Labute approximate surface area is 107 Å². The number of sulfonamides is 1. The van der Waals surface area contributed by atoms with Crippen LogP contribution in [-0.4, -0.2) is 43.9 Å². The van der Waals surface area contributed by atoms with E-state index >= 15 is 0 Å². The van der Waals surface area contributed by atoms with Crippen LogP contribution in [0.2, 0.25) is 0 Å². The van der Waals surface area contributed by atoms with Crippen molar-refractivity contribution in [1.29, 1.82) is 0 Å². The predicted molar refractivity (Wildman–Crippen MR) is 67.6 cm³/mol. The van der Waals surface area contributed by atoms with Crippen LogP contribution in [0, 0.1) is 0 Å². The molecule has 0 bridgehead atoms. The first-order valence-corrected chi connectivity index (χ1v) is 7.73. The van der Waals surface area contributed by atoms with E-state index in [9.17, 15) is 8.42 Å². The van der Waals surface area contributed by atoms with Crippen molar-refractivity contribution in [2.45, 2.75) is 26.2 Å². The highest BCUT2D eigenvalue weighted by molar-refractivity contribution is 7.89. The second-order valence-electron chi connectivity index (χ2n) is 3.86. The van der Waals surface area contributed by atoms with E-state index in [4.69, 9.17) is 4.52 Å². The molecule has 0 saturated carbocycles. The molecule has 104 valence electrons. The van der Waals surface area contributed by atoms with Crippen LogP contribution in [0.1, 0.15) is 25.7 Å². The van der Waals surface area contributed by atoms with Gasteiger partial charge < -0.3 is 9.84 Å². The summed E-state index contributed by atoms with van der Waals surface area (Å²) in [7, 11) is -3.19. The van der Waals surface area contributed by atoms with Crippen LogP contribution in [0.4, 0.5) is 0 Å². The van der Waals surface area contributed by atoms with Gasteiger partial charge in [-0.25, -0.2) is 13.1 Å². The van der Waals surface area contributed by atoms with Crippen molar-refractivity contribution in [3.05, 3.63) is 12.2 Å². The van der Waals surface area contributed by atoms with Crippen LogP contribution in [0.15, 0.2) is 10.9 Å². The van der Waals surface area contributed by atoms with Crippen molar-refractivity contribution >= 4 is 10.0 Å². The minimum Gasteiger partial charge on any atom is -0.340 e. The molecule has 0 aliphatic rings. The van der Waals surface area contributed by atoms with Crippen molar-refractivity contribution in [3.8, 4) is 0 Å². The van der Waals surface area contributed by atoms with Crippen LogP contribution in [-0.2, 0) is 16.4 Å². The second-order valence-corrected chi connectivity index (χ2v) is 5.79. The normalized spacial score (nSPS) is 11.8. The third-order valence-electron chi connectivity index (χ3n) is 2.33. The number of nitrogens with zero attached hydrogens (tertiary/aromatic N) is 2. The molecular formula is C10H20N4O3S. The van der Waals surface area contributed by atoms with E-state index in [1.165, 1.54) is 6.33 Å². The Balaban J connectivity index is 2.11. The average Bonchev–Trinajstić information content (AvgIpc) is 2.81. The predicted octanol–water partition coefficient (Wildman–Crippen LogP) is -0.0788. The summed E-state index contributed by atoms with van der Waals surface area (Å²) in [4.78, 5) is 3.81. The first-order chi connectivity index (χ1) is 8.64. The Morgan fingerprint density at radius 3 is 2.83 bits per heavy atom. The summed E-state index contributed by atoms with van der Waals surface area (Å²) in [5, 5.41) is 6.60. The van der Waals surface area contributed by atoms with E-state index in [-0.39, 0.29) is 12.3 Å². The molecule has 8 heteroatoms. The fourth-order valence-corrected chi connectivity index (χ4v) is 2.55. The third kappa shape index (κ3) is 6.67. The van der Waals surface area contributed by atoms with E-state index in [0.29, 0.717) is 18.7 Å². The second kappa shape index (κ2) is 8.17. The van der Waals surface area contributed by atoms with Gasteiger partial charge in [-0.05, 0) is 25.9 Å². The summed E-state index contributed by atoms with van der Waals surface area (Å²) >= 11 is 0. The molecule has 0 saturated heterocycles. The summed E-state index contributed by atoms with van der Waals surface area (Å²) in [6.45, 7) is 4.08. The van der Waals surface area contributed by atoms with Crippen molar-refractivity contribution in [2.24, 2.45) is 0 Å². The maximum Gasteiger partial charge on any atom is 0.227 e. The molecule has 1 aromatic rings. The summed E-state index contributed by atoms with van der Waals surface area (Å²) in [5.74, 6) is 0.590. The van der Waals surface area contributed by atoms with Gasteiger partial charge in [0.25, 0.3) is 0 Å². The third-order valence-corrected chi connectivity index (χ3v) is 3.80.